The highest BCUT2D eigenvalue weighted by Crippen LogP contribution is 2.62. The van der Waals surface area contributed by atoms with Crippen molar-refractivity contribution in [2.75, 3.05) is 0 Å². The van der Waals surface area contributed by atoms with Crippen molar-refractivity contribution in [2.24, 2.45) is 178 Å². The third kappa shape index (κ3) is 89.1. The normalized spacial score (nSPS) is 30.7. The summed E-state index contributed by atoms with van der Waals surface area (Å²) in [5.74, 6) is 31.1. The van der Waals surface area contributed by atoms with Gasteiger partial charge in [-0.25, -0.2) is 0 Å². The number of hydrogen-bond acceptors (Lipinski definition) is 0. The standard InChI is InChI=1S/C12H20.C12H22.C9H16.C9H18.C8H16.2C8H18.C7H14.3C7H16.C6H12.2C6H14.C5H10.C5H12.C4H10.C3H8/c1-7-3-11-9-5-8(2)10(6-9)12(11)4-7;1-9-3-5-12-8-10(2)4-6-11(12)7-9;1-6-3-9-5-8(6)4-7(9)2;1-8-4-3-5-9(2)7-6-8;1-7-3-5-8(2)6-4-7;1-4-6-7-8(3)5-2;1-3-5-7-8-6-4-2;1-6-3-4-7(2)5-6;1-6(2)5-7(3)4;1-4-6-7(3)5-2;1-3-5-7-6-4-2;1-5-3-6(2)4-5;1-4-5-6(2)3;1-3-5-6-4-2;1-4-3-5(4)2;1-4-5(2)3;1-3-4-2;1-3-2/h7-12H,3-6H2,1-2H3;9-12H,3-8H2,1-2H3;6-9H,3-5H2,1-2H3;8-9H,3-7H2,1-2H3;7-8H,3-6H2,1-2H3;8H,4-7H2,1-3H3;3-8H2,1-2H3;6-7H,3-5H2,1-2H3;6-7H,5H2,1-4H3;7H,4-6H2,1-3H3;3-7H2,1-2H3;5-6H,3-4H2,1-2H3;6H,4-5H2,1-3H3;3-6H2,1-2H3;4-5H,3H2,1-2H3;5H,4H2,1-3H3;3-4H2,1-2H3;3H2,1-2H3. The molecule has 4 bridgehead atoms. The van der Waals surface area contributed by atoms with Crippen LogP contribution in [0.3, 0.4) is 0 Å². The SMILES string of the molecule is CC(C)CC(C)C.CC1CC(C)C1.CC1CC1C.CC1CC2C3CC(C)C(C3)C2C1.CC1CC2CC1CC2C.CC1CCC(C)C1.CC1CCC(C)CC1.CC1CCC2CC(C)CCC2C1.CC1CCCC(C)CC1.CCC.CCC(C)C.CCCC.CCCC(C)C.CCCC(C)CC.CCCCC(C)CC.CCCCCC.CCCCCCC.CCCCCCCC. The zero-order valence-electron chi connectivity index (χ0n) is 99.6. The van der Waals surface area contributed by atoms with E-state index in [0.717, 1.165) is 172 Å². The fraction of sp³-hybridized carbons (Fsp3) is 1.00. The van der Waals surface area contributed by atoms with Crippen LogP contribution in [0, 0.1) is 178 Å². The van der Waals surface area contributed by atoms with Gasteiger partial charge in [0.05, 0.1) is 0 Å². The highest BCUT2D eigenvalue weighted by Gasteiger charge is 2.53. The van der Waals surface area contributed by atoms with Gasteiger partial charge < -0.3 is 0 Å². The van der Waals surface area contributed by atoms with E-state index in [1.54, 1.807) is 32.1 Å². The minimum absolute atomic E-state index is 0.875. The van der Waals surface area contributed by atoms with Crippen molar-refractivity contribution in [3.05, 3.63) is 0 Å². The fourth-order valence-electron chi connectivity index (χ4n) is 22.3. The Balaban J connectivity index is -0.000000313. The Morgan fingerprint density at radius 1 is 0.178 bits per heavy atom. The Labute approximate surface area is 828 Å². The minimum atomic E-state index is 0.875. The van der Waals surface area contributed by atoms with Crippen LogP contribution in [0.25, 0.3) is 0 Å². The van der Waals surface area contributed by atoms with Gasteiger partial charge in [-0.3, -0.25) is 0 Å². The molecule has 0 N–H and O–H groups in total. The Bertz CT molecular complexity index is 1980. The monoisotopic (exact) mass is 1820 g/mol. The van der Waals surface area contributed by atoms with Gasteiger partial charge in [-0.1, -0.05) is 554 Å². The van der Waals surface area contributed by atoms with Crippen molar-refractivity contribution in [3.63, 3.8) is 0 Å². The highest BCUT2D eigenvalue weighted by atomic mass is 14.6. The lowest BCUT2D eigenvalue weighted by atomic mass is 9.65. The lowest BCUT2D eigenvalue weighted by Crippen LogP contribution is -2.29. The van der Waals surface area contributed by atoms with E-state index < -0.39 is 0 Å². The molecule has 0 radical (unpaired) electrons. The van der Waals surface area contributed by atoms with E-state index in [1.165, 1.54) is 340 Å². The van der Waals surface area contributed by atoms with E-state index in [2.05, 4.69) is 291 Å². The van der Waals surface area contributed by atoms with Crippen LogP contribution in [0.15, 0.2) is 0 Å². The Morgan fingerprint density at radius 2 is 0.465 bits per heavy atom. The third-order valence-corrected chi connectivity index (χ3v) is 32.6. The second kappa shape index (κ2) is 95.5. The average Bonchev–Trinajstić information content (AvgIpc) is 1.59. The summed E-state index contributed by atoms with van der Waals surface area (Å²) < 4.78 is 0. The first-order valence-electron chi connectivity index (χ1n) is 61.1. The Morgan fingerprint density at radius 3 is 0.705 bits per heavy atom. The van der Waals surface area contributed by atoms with Crippen LogP contribution in [-0.4, -0.2) is 0 Å². The van der Waals surface area contributed by atoms with Crippen molar-refractivity contribution < 1.29 is 0 Å². The smallest absolute Gasteiger partial charge is 0.0349 e. The van der Waals surface area contributed by atoms with E-state index in [-0.39, 0.29) is 0 Å². The molecule has 22 atom stereocenters. The summed E-state index contributed by atoms with van der Waals surface area (Å²) in [6, 6.07) is 0. The number of rotatable bonds is 25. The molecular weight excluding hydrogens is 1550 g/mol. The predicted molar refractivity (Wildman–Crippen MR) is 606 cm³/mol. The van der Waals surface area contributed by atoms with Gasteiger partial charge in [-0.2, -0.15) is 0 Å². The molecule has 12 aliphatic carbocycles. The van der Waals surface area contributed by atoms with Crippen LogP contribution in [0.5, 0.6) is 0 Å². The summed E-state index contributed by atoms with van der Waals surface area (Å²) in [4.78, 5) is 0. The van der Waals surface area contributed by atoms with Crippen molar-refractivity contribution in [3.8, 4) is 0 Å². The zero-order chi connectivity index (χ0) is 99.6. The van der Waals surface area contributed by atoms with Crippen LogP contribution in [0.1, 0.15) is 657 Å². The summed E-state index contributed by atoms with van der Waals surface area (Å²) >= 11 is 0. The first-order valence-corrected chi connectivity index (χ1v) is 61.1. The average molecular weight is 1820 g/mol. The van der Waals surface area contributed by atoms with Gasteiger partial charge in [0.2, 0.25) is 0 Å². The van der Waals surface area contributed by atoms with Crippen LogP contribution in [0.2, 0.25) is 0 Å². The Hall–Kier alpha value is 0. The molecule has 12 fully saturated rings. The van der Waals surface area contributed by atoms with Crippen molar-refractivity contribution in [2.45, 2.75) is 657 Å². The first-order chi connectivity index (χ1) is 61.1. The molecule has 0 amide bonds. The van der Waals surface area contributed by atoms with Crippen LogP contribution < -0.4 is 0 Å². The summed E-state index contributed by atoms with van der Waals surface area (Å²) in [7, 11) is 0. The maximum Gasteiger partial charge on any atom is -0.0349 e. The molecule has 12 rings (SSSR count). The molecule has 0 aromatic heterocycles. The molecule has 0 aromatic rings. The van der Waals surface area contributed by atoms with E-state index in [4.69, 9.17) is 0 Å². The number of fused-ring (bicyclic) bond motifs is 8. The molecule has 0 aliphatic heterocycles. The molecule has 786 valence electrons. The molecule has 0 saturated heterocycles. The lowest BCUT2D eigenvalue weighted by Gasteiger charge is -2.40. The van der Waals surface area contributed by atoms with Crippen LogP contribution in [0.4, 0.5) is 0 Å². The molecule has 0 spiro atoms. The minimum Gasteiger partial charge on any atom is -0.0656 e. The van der Waals surface area contributed by atoms with Gasteiger partial charge in [0.15, 0.2) is 0 Å². The van der Waals surface area contributed by atoms with Gasteiger partial charge in [0, 0.05) is 0 Å². The molecule has 129 heavy (non-hydrogen) atoms. The summed E-state index contributed by atoms with van der Waals surface area (Å²) in [6.45, 7) is 96.3. The molecule has 0 nitrogen and oxygen atoms in total. The maximum absolute atomic E-state index is 2.49. The number of hydrogen-bond donors (Lipinski definition) is 0. The summed E-state index contributed by atoms with van der Waals surface area (Å²) in [5.41, 5.74) is 0. The lowest BCUT2D eigenvalue weighted by molar-refractivity contribution is 0.109. The van der Waals surface area contributed by atoms with E-state index in [1.807, 2.05) is 0 Å². The first kappa shape index (κ1) is 140. The van der Waals surface area contributed by atoms with E-state index in [0.29, 0.717) is 0 Å². The molecule has 22 unspecified atom stereocenters. The largest absolute Gasteiger partial charge is 0.0656 e. The van der Waals surface area contributed by atoms with Crippen molar-refractivity contribution >= 4 is 0 Å². The van der Waals surface area contributed by atoms with Gasteiger partial charge in [-0.05, 0) is 280 Å². The van der Waals surface area contributed by atoms with E-state index in [9.17, 15) is 0 Å². The second-order valence-corrected chi connectivity index (χ2v) is 50.1. The zero-order valence-corrected chi connectivity index (χ0v) is 99.6. The van der Waals surface area contributed by atoms with Crippen LogP contribution >= 0.6 is 0 Å². The molecule has 12 aliphatic rings. The van der Waals surface area contributed by atoms with Crippen molar-refractivity contribution in [1.29, 1.82) is 0 Å². The van der Waals surface area contributed by atoms with Gasteiger partial charge in [0.1, 0.15) is 0 Å². The highest BCUT2D eigenvalue weighted by molar-refractivity contribution is 5.03. The topological polar surface area (TPSA) is 0 Å². The molecular formula is C129H270. The van der Waals surface area contributed by atoms with Crippen molar-refractivity contribution in [1.82, 2.24) is 0 Å². The summed E-state index contributed by atoms with van der Waals surface area (Å²) in [6.07, 6.45) is 82.1. The third-order valence-electron chi connectivity index (χ3n) is 32.6. The Kier molecular flexibility index (Phi) is 103. The van der Waals surface area contributed by atoms with E-state index >= 15 is 0 Å². The maximum atomic E-state index is 2.49. The quantitative estimate of drug-likeness (QED) is 0.0631. The molecule has 0 heteroatoms. The number of unbranched alkanes of at least 4 members (excludes halogenated alkanes) is 14. The van der Waals surface area contributed by atoms with Crippen LogP contribution in [-0.2, 0) is 0 Å². The molecule has 0 aromatic carbocycles. The molecule has 12 saturated carbocycles. The predicted octanol–water partition coefficient (Wildman–Crippen LogP) is 47.5. The second-order valence-electron chi connectivity index (χ2n) is 50.1. The molecule has 0 heterocycles. The van der Waals surface area contributed by atoms with Gasteiger partial charge in [-0.15, -0.1) is 0 Å². The summed E-state index contributed by atoms with van der Waals surface area (Å²) in [5, 5.41) is 0. The van der Waals surface area contributed by atoms with Gasteiger partial charge >= 0.3 is 0 Å². The van der Waals surface area contributed by atoms with Gasteiger partial charge in [0.25, 0.3) is 0 Å². The fourth-order valence-corrected chi connectivity index (χ4v) is 22.3.